The van der Waals surface area contributed by atoms with E-state index < -0.39 is 0 Å². The van der Waals surface area contributed by atoms with Gasteiger partial charge in [0.15, 0.2) is 0 Å². The molecule has 0 atom stereocenters. The molecule has 1 heterocycles. The van der Waals surface area contributed by atoms with Gasteiger partial charge in [0.2, 0.25) is 0 Å². The molecule has 0 aliphatic heterocycles. The van der Waals surface area contributed by atoms with Gasteiger partial charge < -0.3 is 5.32 Å². The summed E-state index contributed by atoms with van der Waals surface area (Å²) in [6, 6.07) is 8.04. The fraction of sp³-hybridized carbons (Fsp3) is 0.308. The number of fused-ring (bicyclic) bond motifs is 1. The van der Waals surface area contributed by atoms with Crippen LogP contribution in [0, 0.1) is 6.92 Å². The molecule has 16 heavy (non-hydrogen) atoms. The molecule has 1 aromatic carbocycles. The zero-order chi connectivity index (χ0) is 11.5. The molecule has 0 amide bonds. The maximum absolute atomic E-state index is 6.14. The second kappa shape index (κ2) is 4.81. The Labute approximate surface area is 101 Å². The minimum atomic E-state index is 0.725. The number of pyridine rings is 1. The van der Waals surface area contributed by atoms with Crippen molar-refractivity contribution in [2.24, 2.45) is 0 Å². The van der Waals surface area contributed by atoms with Crippen LogP contribution in [0.4, 0.5) is 0 Å². The summed E-state index contributed by atoms with van der Waals surface area (Å²) in [6.45, 7) is 3.03. The van der Waals surface area contributed by atoms with Gasteiger partial charge in [-0.25, -0.2) is 0 Å². The van der Waals surface area contributed by atoms with Crippen LogP contribution in [-0.4, -0.2) is 18.6 Å². The van der Waals surface area contributed by atoms with Gasteiger partial charge in [0, 0.05) is 24.0 Å². The van der Waals surface area contributed by atoms with Crippen LogP contribution in [0.25, 0.3) is 10.9 Å². The molecule has 2 aromatic rings. The van der Waals surface area contributed by atoms with E-state index in [1.165, 1.54) is 5.56 Å². The van der Waals surface area contributed by atoms with Crippen molar-refractivity contribution in [1.29, 1.82) is 0 Å². The molecule has 84 valence electrons. The van der Waals surface area contributed by atoms with Crippen LogP contribution in [0.15, 0.2) is 24.3 Å². The Morgan fingerprint density at radius 3 is 2.94 bits per heavy atom. The van der Waals surface area contributed by atoms with E-state index >= 15 is 0 Å². The molecule has 0 radical (unpaired) electrons. The van der Waals surface area contributed by atoms with Crippen molar-refractivity contribution in [3.05, 3.63) is 40.5 Å². The lowest BCUT2D eigenvalue weighted by atomic mass is 10.1. The SMILES string of the molecule is CNCCc1nc2c(Cl)cccc2cc1C. The number of hydrogen-bond acceptors (Lipinski definition) is 2. The van der Waals surface area contributed by atoms with Crippen molar-refractivity contribution >= 4 is 22.5 Å². The second-order valence-electron chi connectivity index (χ2n) is 3.92. The largest absolute Gasteiger partial charge is 0.319 e. The van der Waals surface area contributed by atoms with Crippen LogP contribution in [0.5, 0.6) is 0 Å². The van der Waals surface area contributed by atoms with Crippen LogP contribution in [0.3, 0.4) is 0 Å². The minimum Gasteiger partial charge on any atom is -0.319 e. The molecule has 0 unspecified atom stereocenters. The average molecular weight is 235 g/mol. The molecule has 0 saturated heterocycles. The van der Waals surface area contributed by atoms with Gasteiger partial charge in [-0.05, 0) is 31.7 Å². The molecular weight excluding hydrogens is 220 g/mol. The Kier molecular flexibility index (Phi) is 3.42. The zero-order valence-corrected chi connectivity index (χ0v) is 10.3. The van der Waals surface area contributed by atoms with E-state index in [9.17, 15) is 0 Å². The maximum Gasteiger partial charge on any atom is 0.0891 e. The molecule has 2 rings (SSSR count). The Balaban J connectivity index is 2.51. The number of aryl methyl sites for hydroxylation is 1. The molecule has 3 heteroatoms. The summed E-state index contributed by atoms with van der Waals surface area (Å²) in [6.07, 6.45) is 0.934. The van der Waals surface area contributed by atoms with Gasteiger partial charge in [-0.15, -0.1) is 0 Å². The Morgan fingerprint density at radius 1 is 1.38 bits per heavy atom. The van der Waals surface area contributed by atoms with Crippen LogP contribution < -0.4 is 5.32 Å². The lowest BCUT2D eigenvalue weighted by Gasteiger charge is -2.08. The third kappa shape index (κ3) is 2.18. The highest BCUT2D eigenvalue weighted by atomic mass is 35.5. The van der Waals surface area contributed by atoms with E-state index in [2.05, 4.69) is 23.3 Å². The number of benzene rings is 1. The van der Waals surface area contributed by atoms with Crippen LogP contribution in [0.1, 0.15) is 11.3 Å². The second-order valence-corrected chi connectivity index (χ2v) is 4.32. The number of nitrogens with one attached hydrogen (secondary N) is 1. The molecule has 1 aromatic heterocycles. The van der Waals surface area contributed by atoms with Gasteiger partial charge in [0.1, 0.15) is 0 Å². The predicted molar refractivity (Wildman–Crippen MR) is 69.1 cm³/mol. The topological polar surface area (TPSA) is 24.9 Å². The highest BCUT2D eigenvalue weighted by molar-refractivity contribution is 6.35. The van der Waals surface area contributed by atoms with Gasteiger partial charge in [-0.2, -0.15) is 0 Å². The van der Waals surface area contributed by atoms with Crippen molar-refractivity contribution in [2.75, 3.05) is 13.6 Å². The molecular formula is C13H15ClN2. The van der Waals surface area contributed by atoms with E-state index in [4.69, 9.17) is 11.6 Å². The molecule has 0 aliphatic rings. The zero-order valence-electron chi connectivity index (χ0n) is 9.55. The Hall–Kier alpha value is -1.12. The number of rotatable bonds is 3. The average Bonchev–Trinajstić information content (AvgIpc) is 2.27. The predicted octanol–water partition coefficient (Wildman–Crippen LogP) is 2.96. The van der Waals surface area contributed by atoms with E-state index in [0.29, 0.717) is 0 Å². The fourth-order valence-electron chi connectivity index (χ4n) is 1.80. The lowest BCUT2D eigenvalue weighted by molar-refractivity contribution is 0.775. The smallest absolute Gasteiger partial charge is 0.0891 e. The van der Waals surface area contributed by atoms with E-state index in [0.717, 1.165) is 34.6 Å². The quantitative estimate of drug-likeness (QED) is 0.883. The fourth-order valence-corrected chi connectivity index (χ4v) is 2.03. The number of likely N-dealkylation sites (N-methyl/N-ethyl adjacent to an activating group) is 1. The van der Waals surface area contributed by atoms with Gasteiger partial charge >= 0.3 is 0 Å². The minimum absolute atomic E-state index is 0.725. The van der Waals surface area contributed by atoms with Crippen molar-refractivity contribution in [2.45, 2.75) is 13.3 Å². The number of para-hydroxylation sites is 1. The highest BCUT2D eigenvalue weighted by Gasteiger charge is 2.05. The standard InChI is InChI=1S/C13H15ClN2/c1-9-8-10-4-3-5-11(14)13(10)16-12(9)6-7-15-2/h3-5,8,15H,6-7H2,1-2H3. The summed E-state index contributed by atoms with van der Waals surface area (Å²) in [5.74, 6) is 0. The van der Waals surface area contributed by atoms with Crippen LogP contribution in [-0.2, 0) is 6.42 Å². The number of aromatic nitrogens is 1. The molecule has 0 fully saturated rings. The first-order valence-electron chi connectivity index (χ1n) is 5.41. The van der Waals surface area contributed by atoms with Crippen LogP contribution >= 0.6 is 11.6 Å². The summed E-state index contributed by atoms with van der Waals surface area (Å²) < 4.78 is 0. The van der Waals surface area contributed by atoms with E-state index in [-0.39, 0.29) is 0 Å². The maximum atomic E-state index is 6.14. The van der Waals surface area contributed by atoms with Crippen molar-refractivity contribution in [3.8, 4) is 0 Å². The van der Waals surface area contributed by atoms with E-state index in [1.54, 1.807) is 0 Å². The van der Waals surface area contributed by atoms with Gasteiger partial charge in [0.25, 0.3) is 0 Å². The normalized spacial score (nSPS) is 10.9. The summed E-state index contributed by atoms with van der Waals surface area (Å²) in [5, 5.41) is 4.97. The first-order valence-corrected chi connectivity index (χ1v) is 5.79. The Bertz CT molecular complexity index is 509. The van der Waals surface area contributed by atoms with Gasteiger partial charge in [-0.1, -0.05) is 23.7 Å². The van der Waals surface area contributed by atoms with Crippen molar-refractivity contribution in [1.82, 2.24) is 10.3 Å². The molecule has 0 spiro atoms. The van der Waals surface area contributed by atoms with Gasteiger partial charge in [0.05, 0.1) is 10.5 Å². The molecule has 2 nitrogen and oxygen atoms in total. The van der Waals surface area contributed by atoms with E-state index in [1.807, 2.05) is 25.2 Å². The third-order valence-corrected chi connectivity index (χ3v) is 3.01. The van der Waals surface area contributed by atoms with Crippen molar-refractivity contribution < 1.29 is 0 Å². The number of hydrogen-bond donors (Lipinski definition) is 1. The number of halogens is 1. The Morgan fingerprint density at radius 2 is 2.19 bits per heavy atom. The van der Waals surface area contributed by atoms with Gasteiger partial charge in [-0.3, -0.25) is 4.98 Å². The highest BCUT2D eigenvalue weighted by Crippen LogP contribution is 2.23. The number of nitrogens with zero attached hydrogens (tertiary/aromatic N) is 1. The molecule has 0 bridgehead atoms. The van der Waals surface area contributed by atoms with Crippen LogP contribution in [0.2, 0.25) is 5.02 Å². The molecule has 1 N–H and O–H groups in total. The third-order valence-electron chi connectivity index (χ3n) is 2.70. The van der Waals surface area contributed by atoms with Crippen molar-refractivity contribution in [3.63, 3.8) is 0 Å². The lowest BCUT2D eigenvalue weighted by Crippen LogP contribution is -2.12. The molecule has 0 aliphatic carbocycles. The monoisotopic (exact) mass is 234 g/mol. The summed E-state index contributed by atoms with van der Waals surface area (Å²) in [5.41, 5.74) is 3.25. The summed E-state index contributed by atoms with van der Waals surface area (Å²) in [4.78, 5) is 4.64. The summed E-state index contributed by atoms with van der Waals surface area (Å²) >= 11 is 6.14. The molecule has 0 saturated carbocycles. The first-order chi connectivity index (χ1) is 7.72. The first kappa shape index (κ1) is 11.4. The summed E-state index contributed by atoms with van der Waals surface area (Å²) in [7, 11) is 1.95.